The van der Waals surface area contributed by atoms with Crippen LogP contribution in [0.3, 0.4) is 0 Å². The molecule has 152 valence electrons. The molecule has 0 aliphatic carbocycles. The molecule has 3 heterocycles. The zero-order chi connectivity index (χ0) is 20.7. The topological polar surface area (TPSA) is 81.8 Å². The van der Waals surface area contributed by atoms with Gasteiger partial charge in [0.25, 0.3) is 5.56 Å². The van der Waals surface area contributed by atoms with E-state index in [1.807, 2.05) is 26.0 Å². The molecule has 0 spiro atoms. The van der Waals surface area contributed by atoms with Crippen molar-refractivity contribution in [3.05, 3.63) is 45.9 Å². The Kier molecular flexibility index (Phi) is 5.21. The van der Waals surface area contributed by atoms with Crippen LogP contribution >= 0.6 is 11.8 Å². The number of rotatable bonds is 5. The molecule has 4 rings (SSSR count). The van der Waals surface area contributed by atoms with E-state index < -0.39 is 0 Å². The molecule has 1 amide bonds. The standard InChI is InChI=1S/C21H25N5O2S/c1-12(2)9-22-18(27)8-15-11-29-21-24-19-16(20(28)25(15)21)10-23-26(19)17-6-5-13(3)7-14(17)4/h5-7,10,12,15H,8-9,11H2,1-4H3,(H,22,27). The minimum atomic E-state index is -0.184. The van der Waals surface area contributed by atoms with Crippen molar-refractivity contribution in [3.63, 3.8) is 0 Å². The van der Waals surface area contributed by atoms with Crippen LogP contribution in [0.15, 0.2) is 34.3 Å². The average molecular weight is 412 g/mol. The van der Waals surface area contributed by atoms with Crippen molar-refractivity contribution in [2.75, 3.05) is 12.3 Å². The minimum absolute atomic E-state index is 0.0323. The zero-order valence-corrected chi connectivity index (χ0v) is 17.9. The molecule has 1 aliphatic heterocycles. The number of fused-ring (bicyclic) bond motifs is 2. The summed E-state index contributed by atoms with van der Waals surface area (Å²) in [6, 6.07) is 5.93. The first kappa shape index (κ1) is 19.7. The van der Waals surface area contributed by atoms with Gasteiger partial charge in [-0.1, -0.05) is 43.3 Å². The van der Waals surface area contributed by atoms with Crippen LogP contribution in [0.25, 0.3) is 16.7 Å². The highest BCUT2D eigenvalue weighted by molar-refractivity contribution is 7.99. The molecule has 29 heavy (non-hydrogen) atoms. The third kappa shape index (κ3) is 3.69. The molecule has 1 unspecified atom stereocenters. The van der Waals surface area contributed by atoms with Crippen molar-refractivity contribution in [1.82, 2.24) is 24.6 Å². The molecule has 1 aromatic carbocycles. The number of carbonyl (C=O) groups excluding carboxylic acids is 1. The van der Waals surface area contributed by atoms with Gasteiger partial charge in [0, 0.05) is 18.7 Å². The first-order valence-electron chi connectivity index (χ1n) is 9.82. The van der Waals surface area contributed by atoms with E-state index >= 15 is 0 Å². The van der Waals surface area contributed by atoms with Crippen molar-refractivity contribution in [3.8, 4) is 5.69 Å². The van der Waals surface area contributed by atoms with Gasteiger partial charge in [-0.3, -0.25) is 14.2 Å². The molecule has 0 radical (unpaired) electrons. The van der Waals surface area contributed by atoms with Gasteiger partial charge in [0.15, 0.2) is 10.8 Å². The van der Waals surface area contributed by atoms with Gasteiger partial charge in [0.2, 0.25) is 5.91 Å². The lowest BCUT2D eigenvalue weighted by molar-refractivity contribution is -0.121. The van der Waals surface area contributed by atoms with E-state index in [4.69, 9.17) is 4.98 Å². The van der Waals surface area contributed by atoms with Crippen LogP contribution in [0.1, 0.15) is 37.4 Å². The van der Waals surface area contributed by atoms with Gasteiger partial charge in [-0.05, 0) is 31.4 Å². The quantitative estimate of drug-likeness (QED) is 0.653. The van der Waals surface area contributed by atoms with E-state index in [1.54, 1.807) is 15.4 Å². The number of amides is 1. The van der Waals surface area contributed by atoms with Gasteiger partial charge >= 0.3 is 0 Å². The van der Waals surface area contributed by atoms with Gasteiger partial charge in [-0.15, -0.1) is 0 Å². The summed E-state index contributed by atoms with van der Waals surface area (Å²) in [6.45, 7) is 8.82. The largest absolute Gasteiger partial charge is 0.356 e. The third-order valence-electron chi connectivity index (χ3n) is 5.08. The number of nitrogens with one attached hydrogen (secondary N) is 1. The van der Waals surface area contributed by atoms with E-state index in [2.05, 4.69) is 30.3 Å². The van der Waals surface area contributed by atoms with Gasteiger partial charge in [-0.2, -0.15) is 5.10 Å². The molecule has 8 heteroatoms. The second-order valence-corrected chi connectivity index (χ2v) is 9.01. The molecule has 1 N–H and O–H groups in total. The van der Waals surface area contributed by atoms with Crippen LogP contribution in [0.4, 0.5) is 0 Å². The van der Waals surface area contributed by atoms with Crippen molar-refractivity contribution >= 4 is 28.7 Å². The Hall–Kier alpha value is -2.61. The Morgan fingerprint density at radius 3 is 2.86 bits per heavy atom. The van der Waals surface area contributed by atoms with E-state index in [9.17, 15) is 9.59 Å². The summed E-state index contributed by atoms with van der Waals surface area (Å²) >= 11 is 1.52. The Bertz CT molecular complexity index is 1150. The number of aryl methyl sites for hydroxylation is 2. The van der Waals surface area contributed by atoms with E-state index in [1.165, 1.54) is 17.3 Å². The fourth-order valence-electron chi connectivity index (χ4n) is 3.60. The van der Waals surface area contributed by atoms with Crippen LogP contribution in [-0.4, -0.2) is 37.5 Å². The van der Waals surface area contributed by atoms with E-state index in [0.717, 1.165) is 11.3 Å². The molecule has 7 nitrogen and oxygen atoms in total. The first-order valence-corrected chi connectivity index (χ1v) is 10.8. The summed E-state index contributed by atoms with van der Waals surface area (Å²) in [7, 11) is 0. The summed E-state index contributed by atoms with van der Waals surface area (Å²) in [4.78, 5) is 30.2. The molecule has 0 saturated heterocycles. The Morgan fingerprint density at radius 1 is 1.34 bits per heavy atom. The van der Waals surface area contributed by atoms with Gasteiger partial charge in [0.05, 0.1) is 17.9 Å². The fraction of sp³-hybridized carbons (Fsp3) is 0.429. The summed E-state index contributed by atoms with van der Waals surface area (Å²) in [5.41, 5.74) is 3.59. The number of aromatic nitrogens is 4. The monoisotopic (exact) mass is 411 g/mol. The van der Waals surface area contributed by atoms with Crippen LogP contribution in [0.5, 0.6) is 0 Å². The third-order valence-corrected chi connectivity index (χ3v) is 6.18. The number of nitrogens with zero attached hydrogens (tertiary/aromatic N) is 4. The molecular formula is C21H25N5O2S. The molecule has 1 aliphatic rings. The highest BCUT2D eigenvalue weighted by Gasteiger charge is 2.29. The molecule has 0 bridgehead atoms. The van der Waals surface area contributed by atoms with Crippen molar-refractivity contribution in [2.24, 2.45) is 5.92 Å². The average Bonchev–Trinajstić information content (AvgIpc) is 3.25. The summed E-state index contributed by atoms with van der Waals surface area (Å²) in [5, 5.41) is 8.50. The molecule has 1 atom stereocenters. The molecule has 0 fully saturated rings. The molecule has 0 saturated carbocycles. The maximum absolute atomic E-state index is 13.2. The smallest absolute Gasteiger partial charge is 0.265 e. The Morgan fingerprint density at radius 2 is 2.14 bits per heavy atom. The van der Waals surface area contributed by atoms with Gasteiger partial charge in [0.1, 0.15) is 5.39 Å². The molecule has 3 aromatic rings. The number of thioether (sulfide) groups is 1. The van der Waals surface area contributed by atoms with E-state index in [-0.39, 0.29) is 23.9 Å². The molecular weight excluding hydrogens is 386 g/mol. The number of hydrogen-bond donors (Lipinski definition) is 1. The lowest BCUT2D eigenvalue weighted by Crippen LogP contribution is -2.32. The molecule has 2 aromatic heterocycles. The predicted molar refractivity (Wildman–Crippen MR) is 115 cm³/mol. The Balaban J connectivity index is 1.70. The van der Waals surface area contributed by atoms with Crippen LogP contribution in [0.2, 0.25) is 0 Å². The maximum Gasteiger partial charge on any atom is 0.265 e. The summed E-state index contributed by atoms with van der Waals surface area (Å²) in [6.07, 6.45) is 1.86. The maximum atomic E-state index is 13.2. The number of benzene rings is 1. The van der Waals surface area contributed by atoms with Crippen LogP contribution < -0.4 is 10.9 Å². The lowest BCUT2D eigenvalue weighted by Gasteiger charge is -2.14. The lowest BCUT2D eigenvalue weighted by atomic mass is 10.1. The highest BCUT2D eigenvalue weighted by Crippen LogP contribution is 2.33. The summed E-state index contributed by atoms with van der Waals surface area (Å²) < 4.78 is 3.39. The SMILES string of the molecule is Cc1ccc(-n2ncc3c(=O)n4c(nc32)SCC4CC(=O)NCC(C)C)c(C)c1. The van der Waals surface area contributed by atoms with Crippen molar-refractivity contribution in [2.45, 2.75) is 45.3 Å². The van der Waals surface area contributed by atoms with Gasteiger partial charge in [-0.25, -0.2) is 9.67 Å². The Labute approximate surface area is 173 Å². The number of hydrogen-bond acceptors (Lipinski definition) is 5. The van der Waals surface area contributed by atoms with Crippen LogP contribution in [-0.2, 0) is 4.79 Å². The van der Waals surface area contributed by atoms with Crippen molar-refractivity contribution in [1.29, 1.82) is 0 Å². The van der Waals surface area contributed by atoms with Crippen LogP contribution in [0, 0.1) is 19.8 Å². The normalized spacial score (nSPS) is 15.8. The second kappa shape index (κ2) is 7.67. The summed E-state index contributed by atoms with van der Waals surface area (Å²) in [5.74, 6) is 1.03. The number of carbonyl (C=O) groups is 1. The predicted octanol–water partition coefficient (Wildman–Crippen LogP) is 3.01. The highest BCUT2D eigenvalue weighted by atomic mass is 32.2. The zero-order valence-electron chi connectivity index (χ0n) is 17.1. The first-order chi connectivity index (χ1) is 13.8. The second-order valence-electron chi connectivity index (χ2n) is 8.02. The fourth-order valence-corrected chi connectivity index (χ4v) is 4.73. The minimum Gasteiger partial charge on any atom is -0.356 e. The van der Waals surface area contributed by atoms with Gasteiger partial charge < -0.3 is 5.32 Å². The van der Waals surface area contributed by atoms with Crippen molar-refractivity contribution < 1.29 is 4.79 Å². The van der Waals surface area contributed by atoms with E-state index in [0.29, 0.717) is 34.4 Å².